The third kappa shape index (κ3) is 5.29. The molecule has 0 saturated heterocycles. The van der Waals surface area contributed by atoms with Gasteiger partial charge in [-0.25, -0.2) is 13.6 Å². The normalized spacial score (nSPS) is 12.2. The van der Waals surface area contributed by atoms with E-state index < -0.39 is 65.9 Å². The summed E-state index contributed by atoms with van der Waals surface area (Å²) in [6.45, 7) is -2.39. The van der Waals surface area contributed by atoms with E-state index >= 15 is 0 Å². The van der Waals surface area contributed by atoms with Crippen LogP contribution in [0, 0.1) is 11.6 Å². The predicted octanol–water partition coefficient (Wildman–Crippen LogP) is 3.74. The van der Waals surface area contributed by atoms with Gasteiger partial charge < -0.3 is 14.7 Å². The van der Waals surface area contributed by atoms with Crippen molar-refractivity contribution in [2.75, 3.05) is 13.6 Å². The molecular weight excluding hydrogens is 408 g/mol. The molecule has 1 aromatic carbocycles. The van der Waals surface area contributed by atoms with Gasteiger partial charge in [-0.2, -0.15) is 31.3 Å². The van der Waals surface area contributed by atoms with E-state index in [1.54, 1.807) is 0 Å². The molecule has 2 rings (SSSR count). The van der Waals surface area contributed by atoms with Gasteiger partial charge in [-0.1, -0.05) is 5.16 Å². The zero-order valence-electron chi connectivity index (χ0n) is 13.8. The molecule has 0 fully saturated rings. The summed E-state index contributed by atoms with van der Waals surface area (Å²) in [5, 5.41) is 4.87. The van der Waals surface area contributed by atoms with Crippen molar-refractivity contribution in [2.24, 2.45) is 0 Å². The lowest BCUT2D eigenvalue weighted by molar-refractivity contribution is -0.159. The summed E-state index contributed by atoms with van der Waals surface area (Å²) in [5.74, 6) is -5.02. The van der Waals surface area contributed by atoms with E-state index in [9.17, 15) is 39.9 Å². The quantitative estimate of drug-likeness (QED) is 0.769. The summed E-state index contributed by atoms with van der Waals surface area (Å²) >= 11 is 0. The Hall–Kier alpha value is -2.93. The maximum Gasteiger partial charge on any atom is 0.471 e. The highest BCUT2D eigenvalue weighted by Crippen LogP contribution is 2.30. The maximum absolute atomic E-state index is 14.1. The van der Waals surface area contributed by atoms with Crippen LogP contribution in [0.15, 0.2) is 16.7 Å². The molecular formula is C14H10F8N4O2. The average Bonchev–Trinajstić information content (AvgIpc) is 3.02. The minimum Gasteiger partial charge on any atom is -0.334 e. The number of amides is 2. The molecule has 1 aromatic heterocycles. The van der Waals surface area contributed by atoms with Crippen molar-refractivity contribution in [1.82, 2.24) is 20.4 Å². The first-order valence-corrected chi connectivity index (χ1v) is 7.23. The van der Waals surface area contributed by atoms with Crippen LogP contribution in [-0.4, -0.2) is 40.8 Å². The van der Waals surface area contributed by atoms with Gasteiger partial charge in [0.25, 0.3) is 0 Å². The summed E-state index contributed by atoms with van der Waals surface area (Å²) in [5.41, 5.74) is -1.20. The lowest BCUT2D eigenvalue weighted by atomic mass is 10.1. The molecule has 0 aliphatic carbocycles. The molecule has 154 valence electrons. The lowest BCUT2D eigenvalue weighted by Crippen LogP contribution is -2.42. The number of aromatic nitrogens is 2. The van der Waals surface area contributed by atoms with Gasteiger partial charge >= 0.3 is 24.3 Å². The Morgan fingerprint density at radius 3 is 2.18 bits per heavy atom. The van der Waals surface area contributed by atoms with Crippen molar-refractivity contribution < 1.29 is 44.4 Å². The number of halogens is 8. The molecule has 1 N–H and O–H groups in total. The van der Waals surface area contributed by atoms with Crippen molar-refractivity contribution in [3.63, 3.8) is 0 Å². The Kier molecular flexibility index (Phi) is 5.80. The first-order chi connectivity index (χ1) is 12.8. The van der Waals surface area contributed by atoms with Crippen LogP contribution >= 0.6 is 0 Å². The Labute approximate surface area is 151 Å². The monoisotopic (exact) mass is 418 g/mol. The molecule has 6 nitrogen and oxygen atoms in total. The second-order valence-corrected chi connectivity index (χ2v) is 5.47. The summed E-state index contributed by atoms with van der Waals surface area (Å²) in [4.78, 5) is 14.8. The predicted molar refractivity (Wildman–Crippen MR) is 75.6 cm³/mol. The van der Waals surface area contributed by atoms with Gasteiger partial charge in [0.15, 0.2) is 0 Å². The standard InChI is InChI=1S/C14H10F8N4O2/c1-26(5-13(17,18)19)12(27)23-4-7-8(15)2-6(3-9(7)16)10-24-11(28-25-10)14(20,21)22/h2-3H,4-5H2,1H3,(H,23,27). The number of nitrogens with one attached hydrogen (secondary N) is 1. The van der Waals surface area contributed by atoms with Crippen LogP contribution in [0.2, 0.25) is 0 Å². The van der Waals surface area contributed by atoms with Crippen molar-refractivity contribution in [2.45, 2.75) is 18.9 Å². The van der Waals surface area contributed by atoms with Gasteiger partial charge in [-0.05, 0) is 12.1 Å². The van der Waals surface area contributed by atoms with Crippen LogP contribution in [0.3, 0.4) is 0 Å². The molecule has 14 heteroatoms. The molecule has 28 heavy (non-hydrogen) atoms. The highest BCUT2D eigenvalue weighted by Gasteiger charge is 2.38. The SMILES string of the molecule is CN(CC(F)(F)F)C(=O)NCc1c(F)cc(-c2noc(C(F)(F)F)n2)cc1F. The molecule has 0 aliphatic rings. The Morgan fingerprint density at radius 1 is 1.14 bits per heavy atom. The fourth-order valence-electron chi connectivity index (χ4n) is 2.00. The van der Waals surface area contributed by atoms with Crippen LogP contribution in [0.1, 0.15) is 11.5 Å². The molecule has 0 unspecified atom stereocenters. The largest absolute Gasteiger partial charge is 0.471 e. The van der Waals surface area contributed by atoms with Gasteiger partial charge in [0.1, 0.15) is 18.2 Å². The van der Waals surface area contributed by atoms with Crippen LogP contribution in [-0.2, 0) is 12.7 Å². The number of benzene rings is 1. The third-order valence-corrected chi connectivity index (χ3v) is 3.25. The average molecular weight is 418 g/mol. The molecule has 0 atom stereocenters. The number of nitrogens with zero attached hydrogens (tertiary/aromatic N) is 3. The van der Waals surface area contributed by atoms with Crippen LogP contribution in [0.4, 0.5) is 39.9 Å². The topological polar surface area (TPSA) is 71.3 Å². The highest BCUT2D eigenvalue weighted by atomic mass is 19.4. The van der Waals surface area contributed by atoms with Crippen molar-refractivity contribution >= 4 is 6.03 Å². The third-order valence-electron chi connectivity index (χ3n) is 3.25. The van der Waals surface area contributed by atoms with E-state index in [0.29, 0.717) is 12.1 Å². The summed E-state index contributed by atoms with van der Waals surface area (Å²) in [6, 6.07) is -0.0579. The van der Waals surface area contributed by atoms with Crippen molar-refractivity contribution in [1.29, 1.82) is 0 Å². The second kappa shape index (κ2) is 7.59. The van der Waals surface area contributed by atoms with Crippen LogP contribution < -0.4 is 5.32 Å². The number of carbonyl (C=O) groups excluding carboxylic acids is 1. The Bertz CT molecular complexity index is 839. The maximum atomic E-state index is 14.1. The van der Waals surface area contributed by atoms with Gasteiger partial charge in [0.05, 0.1) is 6.54 Å². The molecule has 0 bridgehead atoms. The number of urea groups is 1. The molecule has 0 spiro atoms. The van der Waals surface area contributed by atoms with Gasteiger partial charge in [0.2, 0.25) is 5.82 Å². The number of hydrogen-bond acceptors (Lipinski definition) is 4. The van der Waals surface area contributed by atoms with Crippen LogP contribution in [0.5, 0.6) is 0 Å². The molecule has 2 aromatic rings. The minimum absolute atomic E-state index is 0.252. The molecule has 2 amide bonds. The fourth-order valence-corrected chi connectivity index (χ4v) is 2.00. The van der Waals surface area contributed by atoms with E-state index in [-0.39, 0.29) is 4.90 Å². The highest BCUT2D eigenvalue weighted by molar-refractivity contribution is 5.74. The fraction of sp³-hybridized carbons (Fsp3) is 0.357. The molecule has 0 aliphatic heterocycles. The summed E-state index contributed by atoms with van der Waals surface area (Å²) in [6.07, 6.45) is -9.61. The van der Waals surface area contributed by atoms with Crippen molar-refractivity contribution in [3.8, 4) is 11.4 Å². The first kappa shape index (κ1) is 21.4. The van der Waals surface area contributed by atoms with E-state index in [1.807, 2.05) is 5.32 Å². The number of alkyl halides is 6. The second-order valence-electron chi connectivity index (χ2n) is 5.47. The number of hydrogen-bond donors (Lipinski definition) is 1. The molecule has 0 radical (unpaired) electrons. The van der Waals surface area contributed by atoms with E-state index in [0.717, 1.165) is 7.05 Å². The zero-order chi connectivity index (χ0) is 21.3. The zero-order valence-corrected chi connectivity index (χ0v) is 13.8. The van der Waals surface area contributed by atoms with Crippen LogP contribution in [0.25, 0.3) is 11.4 Å². The molecule has 0 saturated carbocycles. The van der Waals surface area contributed by atoms with E-state index in [4.69, 9.17) is 0 Å². The van der Waals surface area contributed by atoms with Gasteiger partial charge in [-0.15, -0.1) is 0 Å². The smallest absolute Gasteiger partial charge is 0.334 e. The number of carbonyl (C=O) groups is 1. The summed E-state index contributed by atoms with van der Waals surface area (Å²) < 4.78 is 106. The minimum atomic E-state index is -4.95. The molecule has 1 heterocycles. The van der Waals surface area contributed by atoms with Crippen molar-refractivity contribution in [3.05, 3.63) is 35.2 Å². The first-order valence-electron chi connectivity index (χ1n) is 7.23. The van der Waals surface area contributed by atoms with Gasteiger partial charge in [-0.3, -0.25) is 0 Å². The van der Waals surface area contributed by atoms with E-state index in [2.05, 4.69) is 14.7 Å². The Morgan fingerprint density at radius 2 is 1.71 bits per heavy atom. The lowest BCUT2D eigenvalue weighted by Gasteiger charge is -2.19. The Balaban J connectivity index is 2.14. The number of rotatable bonds is 4. The van der Waals surface area contributed by atoms with E-state index in [1.165, 1.54) is 0 Å². The van der Waals surface area contributed by atoms with Gasteiger partial charge in [0, 0.05) is 18.2 Å². The summed E-state index contributed by atoms with van der Waals surface area (Å²) in [7, 11) is 0.827.